The van der Waals surface area contributed by atoms with Gasteiger partial charge in [0, 0.05) is 18.3 Å². The van der Waals surface area contributed by atoms with E-state index in [1.54, 1.807) is 18.2 Å². The molecule has 1 saturated carbocycles. The van der Waals surface area contributed by atoms with Crippen LogP contribution < -0.4 is 26.8 Å². The van der Waals surface area contributed by atoms with Gasteiger partial charge in [-0.1, -0.05) is 25.3 Å². The largest absolute Gasteiger partial charge is 0.491 e. The number of carbonyl (C=O) groups excluding carboxylic acids is 2. The molecule has 1 aliphatic carbocycles. The molecule has 1 atom stereocenters. The van der Waals surface area contributed by atoms with Gasteiger partial charge in [0.05, 0.1) is 5.56 Å². The number of nitrogens with two attached hydrogens (primary N) is 2. The fraction of sp³-hybridized carbons (Fsp3) is 0.550. The maximum absolute atomic E-state index is 13.2. The monoisotopic (exact) mass is 387 g/mol. The predicted octanol–water partition coefficient (Wildman–Crippen LogP) is 1.28. The van der Waals surface area contributed by atoms with Crippen molar-refractivity contribution in [3.05, 3.63) is 23.8 Å². The molecule has 1 aromatic carbocycles. The zero-order valence-corrected chi connectivity index (χ0v) is 16.1. The van der Waals surface area contributed by atoms with E-state index >= 15 is 0 Å². The van der Waals surface area contributed by atoms with Gasteiger partial charge in [0.15, 0.2) is 5.41 Å². The molecular weight excluding hydrogens is 358 g/mol. The number of rotatable bonds is 6. The number of nitrogens with one attached hydrogen (secondary N) is 3. The lowest BCUT2D eigenvalue weighted by atomic mass is 9.79. The highest BCUT2D eigenvalue weighted by Crippen LogP contribution is 2.32. The molecule has 8 nitrogen and oxygen atoms in total. The molecule has 28 heavy (non-hydrogen) atoms. The van der Waals surface area contributed by atoms with Crippen molar-refractivity contribution < 1.29 is 14.3 Å². The van der Waals surface area contributed by atoms with Crippen LogP contribution in [0.2, 0.25) is 0 Å². The van der Waals surface area contributed by atoms with E-state index in [4.69, 9.17) is 21.6 Å². The van der Waals surface area contributed by atoms with Crippen molar-refractivity contribution in [2.75, 3.05) is 18.9 Å². The summed E-state index contributed by atoms with van der Waals surface area (Å²) in [6.45, 7) is 0.426. The summed E-state index contributed by atoms with van der Waals surface area (Å²) in [6, 6.07) is 5.06. The molecule has 1 unspecified atom stereocenters. The molecule has 0 bridgehead atoms. The molecule has 1 aromatic rings. The van der Waals surface area contributed by atoms with Crippen LogP contribution in [0.3, 0.4) is 0 Å². The van der Waals surface area contributed by atoms with Gasteiger partial charge in [-0.15, -0.1) is 0 Å². The molecule has 2 aliphatic rings. The van der Waals surface area contributed by atoms with Gasteiger partial charge in [-0.3, -0.25) is 15.0 Å². The molecule has 8 heteroatoms. The molecule has 0 radical (unpaired) electrons. The molecule has 3 rings (SSSR count). The van der Waals surface area contributed by atoms with Gasteiger partial charge in [-0.05, 0) is 37.8 Å². The summed E-state index contributed by atoms with van der Waals surface area (Å²) in [5.41, 5.74) is 10.8. The number of hydrogen-bond acceptors (Lipinski definition) is 5. The number of nitrogen functional groups attached to an aromatic ring is 2. The molecule has 0 spiro atoms. The van der Waals surface area contributed by atoms with Crippen LogP contribution in [0.1, 0.15) is 50.5 Å². The Balaban J connectivity index is 1.81. The first-order valence-corrected chi connectivity index (χ1v) is 9.89. The second-order valence-corrected chi connectivity index (χ2v) is 7.67. The first kappa shape index (κ1) is 20.0. The molecule has 2 amide bonds. The van der Waals surface area contributed by atoms with E-state index in [1.165, 1.54) is 6.42 Å². The van der Waals surface area contributed by atoms with Gasteiger partial charge in [0.2, 0.25) is 11.8 Å². The van der Waals surface area contributed by atoms with Crippen LogP contribution in [-0.2, 0) is 9.59 Å². The van der Waals surface area contributed by atoms with Crippen molar-refractivity contribution in [1.82, 2.24) is 10.6 Å². The minimum absolute atomic E-state index is 0.105. The molecular formula is C20H29N5O3. The Hall–Kier alpha value is -2.77. The summed E-state index contributed by atoms with van der Waals surface area (Å²) in [4.78, 5) is 25.9. The van der Waals surface area contributed by atoms with Crippen LogP contribution in [-0.4, -0.2) is 36.8 Å². The van der Waals surface area contributed by atoms with Crippen molar-refractivity contribution in [2.24, 2.45) is 11.1 Å². The zero-order chi connectivity index (χ0) is 20.1. The second kappa shape index (κ2) is 8.50. The number of benzene rings is 1. The molecule has 7 N–H and O–H groups in total. The SMILES string of the molecule is N=C(N)c1c(N)cccc1OCC1(C(=O)NC2CCCCC2)CCCNC1=O. The van der Waals surface area contributed by atoms with Crippen LogP contribution >= 0.6 is 0 Å². The molecule has 1 heterocycles. The molecule has 1 saturated heterocycles. The Morgan fingerprint density at radius 3 is 2.71 bits per heavy atom. The van der Waals surface area contributed by atoms with E-state index in [-0.39, 0.29) is 35.9 Å². The van der Waals surface area contributed by atoms with E-state index in [0.29, 0.717) is 30.8 Å². The first-order chi connectivity index (χ1) is 13.4. The Kier molecular flexibility index (Phi) is 6.06. The van der Waals surface area contributed by atoms with Crippen molar-refractivity contribution in [3.8, 4) is 5.75 Å². The highest BCUT2D eigenvalue weighted by Gasteiger charge is 2.48. The van der Waals surface area contributed by atoms with Crippen LogP contribution in [0.5, 0.6) is 5.75 Å². The molecule has 0 aromatic heterocycles. The fourth-order valence-electron chi connectivity index (χ4n) is 4.02. The van der Waals surface area contributed by atoms with Gasteiger partial charge >= 0.3 is 0 Å². The molecule has 1 aliphatic heterocycles. The molecule has 152 valence electrons. The average molecular weight is 387 g/mol. The lowest BCUT2D eigenvalue weighted by molar-refractivity contribution is -0.148. The quantitative estimate of drug-likeness (QED) is 0.216. The third-order valence-corrected chi connectivity index (χ3v) is 5.68. The summed E-state index contributed by atoms with van der Waals surface area (Å²) in [5.74, 6) is -0.525. The average Bonchev–Trinajstić information content (AvgIpc) is 2.68. The number of amides is 2. The Labute approximate surface area is 164 Å². The highest BCUT2D eigenvalue weighted by molar-refractivity contribution is 6.06. The summed E-state index contributed by atoms with van der Waals surface area (Å²) in [6.07, 6.45) is 6.35. The maximum atomic E-state index is 13.2. The minimum Gasteiger partial charge on any atom is -0.491 e. The number of carbonyl (C=O) groups is 2. The van der Waals surface area contributed by atoms with Gasteiger partial charge in [-0.25, -0.2) is 0 Å². The van der Waals surface area contributed by atoms with Crippen molar-refractivity contribution in [2.45, 2.75) is 51.0 Å². The Morgan fingerprint density at radius 2 is 2.04 bits per heavy atom. The standard InChI is InChI=1S/C20H29N5O3/c21-14-8-4-9-15(16(14)17(22)23)28-12-20(10-5-11-24-18(20)26)19(27)25-13-6-2-1-3-7-13/h4,8-9,13H,1-3,5-7,10-12,21H2,(H3,22,23)(H,24,26)(H,25,27). The van der Waals surface area contributed by atoms with Gasteiger partial charge in [0.25, 0.3) is 0 Å². The smallest absolute Gasteiger partial charge is 0.239 e. The number of anilines is 1. The van der Waals surface area contributed by atoms with Crippen molar-refractivity contribution in [3.63, 3.8) is 0 Å². The number of hydrogen-bond donors (Lipinski definition) is 5. The van der Waals surface area contributed by atoms with Gasteiger partial charge in [0.1, 0.15) is 18.2 Å². The minimum atomic E-state index is -1.30. The summed E-state index contributed by atoms with van der Waals surface area (Å²) < 4.78 is 5.88. The lowest BCUT2D eigenvalue weighted by Crippen LogP contribution is -2.59. The third kappa shape index (κ3) is 4.05. The summed E-state index contributed by atoms with van der Waals surface area (Å²) in [7, 11) is 0. The van der Waals surface area contributed by atoms with Crippen LogP contribution in [0.15, 0.2) is 18.2 Å². The Morgan fingerprint density at radius 1 is 1.29 bits per heavy atom. The maximum Gasteiger partial charge on any atom is 0.239 e. The topological polar surface area (TPSA) is 143 Å². The predicted molar refractivity (Wildman–Crippen MR) is 107 cm³/mol. The fourth-order valence-corrected chi connectivity index (χ4v) is 4.02. The van der Waals surface area contributed by atoms with E-state index in [1.807, 2.05) is 0 Å². The van der Waals surface area contributed by atoms with Crippen LogP contribution in [0, 0.1) is 10.8 Å². The number of ether oxygens (including phenoxy) is 1. The number of piperidine rings is 1. The van der Waals surface area contributed by atoms with Gasteiger partial charge in [-0.2, -0.15) is 0 Å². The number of amidine groups is 1. The van der Waals surface area contributed by atoms with Crippen molar-refractivity contribution >= 4 is 23.3 Å². The second-order valence-electron chi connectivity index (χ2n) is 7.67. The highest BCUT2D eigenvalue weighted by atomic mass is 16.5. The zero-order valence-electron chi connectivity index (χ0n) is 16.1. The van der Waals surface area contributed by atoms with E-state index in [9.17, 15) is 9.59 Å². The summed E-state index contributed by atoms with van der Waals surface area (Å²) >= 11 is 0. The van der Waals surface area contributed by atoms with E-state index < -0.39 is 5.41 Å². The van der Waals surface area contributed by atoms with E-state index in [0.717, 1.165) is 25.7 Å². The normalized spacial score (nSPS) is 22.9. The van der Waals surface area contributed by atoms with Crippen molar-refractivity contribution in [1.29, 1.82) is 5.41 Å². The summed E-state index contributed by atoms with van der Waals surface area (Å²) in [5, 5.41) is 13.6. The van der Waals surface area contributed by atoms with Gasteiger partial charge < -0.3 is 26.8 Å². The van der Waals surface area contributed by atoms with Crippen LogP contribution in [0.4, 0.5) is 5.69 Å². The third-order valence-electron chi connectivity index (χ3n) is 5.68. The molecule has 2 fully saturated rings. The lowest BCUT2D eigenvalue weighted by Gasteiger charge is -2.36. The van der Waals surface area contributed by atoms with Crippen LogP contribution in [0.25, 0.3) is 0 Å². The Bertz CT molecular complexity index is 760. The van der Waals surface area contributed by atoms with E-state index in [2.05, 4.69) is 10.6 Å². The first-order valence-electron chi connectivity index (χ1n) is 9.89.